The molecular weight excluding hydrogens is 482 g/mol. The molecule has 1 fully saturated rings. The fraction of sp³-hybridized carbons (Fsp3) is 0.310. The summed E-state index contributed by atoms with van der Waals surface area (Å²) < 4.78 is 14.9. The van der Waals surface area contributed by atoms with E-state index in [0.717, 1.165) is 30.4 Å². The minimum Gasteiger partial charge on any atom is -0.355 e. The summed E-state index contributed by atoms with van der Waals surface area (Å²) in [6.07, 6.45) is 4.27. The molecular formula is C29H27Cl2FN2O. The summed E-state index contributed by atoms with van der Waals surface area (Å²) in [6.45, 7) is 0.423. The van der Waals surface area contributed by atoms with Crippen molar-refractivity contribution in [3.8, 4) is 6.07 Å². The van der Waals surface area contributed by atoms with Crippen LogP contribution in [-0.2, 0) is 23.1 Å². The smallest absolute Gasteiger partial charge is 0.230 e. The second-order valence-electron chi connectivity index (χ2n) is 9.31. The second-order valence-corrected chi connectivity index (χ2v) is 10.2. The standard InChI is InChI=1S/C29H27Cl2FN2O/c30-24-11-9-20(10-12-24)15-23(17-21-5-3-6-22(16-21)18-33)19-34-28(35)29(13-1-2-14-29)27-25(31)7-4-8-26(27)32/h3-12,16,23H,1-2,13-15,17,19H2,(H,34,35). The third-order valence-electron chi connectivity index (χ3n) is 6.90. The molecule has 3 aromatic rings. The van der Waals surface area contributed by atoms with Crippen LogP contribution in [0.5, 0.6) is 0 Å². The zero-order valence-electron chi connectivity index (χ0n) is 19.4. The Labute approximate surface area is 215 Å². The van der Waals surface area contributed by atoms with Gasteiger partial charge in [0.15, 0.2) is 0 Å². The zero-order chi connectivity index (χ0) is 24.8. The van der Waals surface area contributed by atoms with Gasteiger partial charge in [-0.15, -0.1) is 0 Å². The van der Waals surface area contributed by atoms with Crippen LogP contribution in [0, 0.1) is 23.1 Å². The van der Waals surface area contributed by atoms with Gasteiger partial charge in [-0.05, 0) is 79.1 Å². The van der Waals surface area contributed by atoms with E-state index in [9.17, 15) is 14.4 Å². The van der Waals surface area contributed by atoms with Crippen LogP contribution in [0.4, 0.5) is 4.39 Å². The highest BCUT2D eigenvalue weighted by atomic mass is 35.5. The Balaban J connectivity index is 1.56. The van der Waals surface area contributed by atoms with E-state index in [4.69, 9.17) is 23.2 Å². The zero-order valence-corrected chi connectivity index (χ0v) is 20.9. The highest BCUT2D eigenvalue weighted by Gasteiger charge is 2.45. The number of benzene rings is 3. The van der Waals surface area contributed by atoms with Gasteiger partial charge in [0.2, 0.25) is 5.91 Å². The number of nitrogens with one attached hydrogen (secondary N) is 1. The summed E-state index contributed by atoms with van der Waals surface area (Å²) in [6, 6.07) is 22.0. The monoisotopic (exact) mass is 508 g/mol. The predicted octanol–water partition coefficient (Wildman–Crippen LogP) is 7.03. The molecule has 35 heavy (non-hydrogen) atoms. The number of halogens is 3. The Hall–Kier alpha value is -2.87. The Kier molecular flexibility index (Phi) is 8.11. The van der Waals surface area contributed by atoms with Crippen molar-refractivity contribution in [2.45, 2.75) is 43.9 Å². The maximum atomic E-state index is 14.9. The molecule has 1 aliphatic carbocycles. The van der Waals surface area contributed by atoms with Crippen LogP contribution in [0.1, 0.15) is 47.9 Å². The highest BCUT2D eigenvalue weighted by molar-refractivity contribution is 6.32. The lowest BCUT2D eigenvalue weighted by Crippen LogP contribution is -2.45. The first-order chi connectivity index (χ1) is 16.9. The Morgan fingerprint density at radius 1 is 1.00 bits per heavy atom. The van der Waals surface area contributed by atoms with Crippen molar-refractivity contribution in [1.82, 2.24) is 5.32 Å². The number of rotatable bonds is 8. The molecule has 1 saturated carbocycles. The van der Waals surface area contributed by atoms with Gasteiger partial charge >= 0.3 is 0 Å². The lowest BCUT2D eigenvalue weighted by atomic mass is 9.77. The fourth-order valence-electron chi connectivity index (χ4n) is 5.20. The summed E-state index contributed by atoms with van der Waals surface area (Å²) in [5.74, 6) is -0.530. The van der Waals surface area contributed by atoms with Gasteiger partial charge in [0.05, 0.1) is 17.0 Å². The van der Waals surface area contributed by atoms with Crippen molar-refractivity contribution in [2.24, 2.45) is 5.92 Å². The average Bonchev–Trinajstić information content (AvgIpc) is 3.34. The maximum absolute atomic E-state index is 14.9. The molecule has 1 unspecified atom stereocenters. The molecule has 1 N–H and O–H groups in total. The lowest BCUT2D eigenvalue weighted by molar-refractivity contribution is -0.127. The van der Waals surface area contributed by atoms with Gasteiger partial charge < -0.3 is 5.32 Å². The molecule has 0 aliphatic heterocycles. The van der Waals surface area contributed by atoms with Crippen molar-refractivity contribution in [2.75, 3.05) is 6.54 Å². The minimum absolute atomic E-state index is 0.0728. The van der Waals surface area contributed by atoms with E-state index in [-0.39, 0.29) is 11.8 Å². The van der Waals surface area contributed by atoms with Crippen molar-refractivity contribution >= 4 is 29.1 Å². The maximum Gasteiger partial charge on any atom is 0.230 e. The number of hydrogen-bond donors (Lipinski definition) is 1. The van der Waals surface area contributed by atoms with E-state index in [0.29, 0.717) is 47.0 Å². The summed E-state index contributed by atoms with van der Waals surface area (Å²) in [5.41, 5.74) is 2.11. The molecule has 0 heterocycles. The molecule has 1 aliphatic rings. The van der Waals surface area contributed by atoms with E-state index in [2.05, 4.69) is 11.4 Å². The average molecular weight is 509 g/mol. The third kappa shape index (κ3) is 5.86. The van der Waals surface area contributed by atoms with Crippen molar-refractivity contribution in [3.63, 3.8) is 0 Å². The highest BCUT2D eigenvalue weighted by Crippen LogP contribution is 2.45. The molecule has 4 rings (SSSR count). The number of carbonyl (C=O) groups is 1. The van der Waals surface area contributed by atoms with E-state index < -0.39 is 11.2 Å². The number of amides is 1. The van der Waals surface area contributed by atoms with Crippen LogP contribution in [-0.4, -0.2) is 12.5 Å². The van der Waals surface area contributed by atoms with Gasteiger partial charge in [0.25, 0.3) is 0 Å². The summed E-state index contributed by atoms with van der Waals surface area (Å²) in [4.78, 5) is 13.6. The number of hydrogen-bond acceptors (Lipinski definition) is 2. The SMILES string of the molecule is N#Cc1cccc(CC(CNC(=O)C2(c3c(F)cccc3Cl)CCCC2)Cc2ccc(Cl)cc2)c1. The molecule has 0 aromatic heterocycles. The number of nitriles is 1. The van der Waals surface area contributed by atoms with Crippen molar-refractivity contribution < 1.29 is 9.18 Å². The van der Waals surface area contributed by atoms with Gasteiger partial charge in [-0.2, -0.15) is 5.26 Å². The van der Waals surface area contributed by atoms with Crippen molar-refractivity contribution in [1.29, 1.82) is 5.26 Å². The molecule has 0 saturated heterocycles. The molecule has 3 aromatic carbocycles. The van der Waals surface area contributed by atoms with Gasteiger partial charge in [0.1, 0.15) is 5.82 Å². The van der Waals surface area contributed by atoms with Crippen LogP contribution in [0.25, 0.3) is 0 Å². The summed E-state index contributed by atoms with van der Waals surface area (Å²) in [7, 11) is 0. The number of carbonyl (C=O) groups excluding carboxylic acids is 1. The van der Waals surface area contributed by atoms with Gasteiger partial charge in [-0.25, -0.2) is 4.39 Å². The summed E-state index contributed by atoms with van der Waals surface area (Å²) in [5, 5.41) is 13.4. The lowest BCUT2D eigenvalue weighted by Gasteiger charge is -2.30. The Morgan fingerprint density at radius 2 is 1.69 bits per heavy atom. The van der Waals surface area contributed by atoms with E-state index in [1.165, 1.54) is 6.07 Å². The van der Waals surface area contributed by atoms with Crippen LogP contribution in [0.2, 0.25) is 10.0 Å². The normalized spacial score (nSPS) is 15.4. The quantitative estimate of drug-likeness (QED) is 0.354. The van der Waals surface area contributed by atoms with Crippen LogP contribution < -0.4 is 5.32 Å². The second kappa shape index (κ2) is 11.2. The molecule has 6 heteroatoms. The van der Waals surface area contributed by atoms with Gasteiger partial charge in [0, 0.05) is 22.2 Å². The minimum atomic E-state index is -0.950. The van der Waals surface area contributed by atoms with Crippen molar-refractivity contribution in [3.05, 3.63) is 105 Å². The first kappa shape index (κ1) is 25.2. The fourth-order valence-corrected chi connectivity index (χ4v) is 5.67. The molecule has 0 bridgehead atoms. The van der Waals surface area contributed by atoms with Crippen LogP contribution in [0.15, 0.2) is 66.7 Å². The van der Waals surface area contributed by atoms with Crippen LogP contribution >= 0.6 is 23.2 Å². The predicted molar refractivity (Wildman–Crippen MR) is 138 cm³/mol. The molecule has 1 atom stereocenters. The van der Waals surface area contributed by atoms with E-state index in [1.54, 1.807) is 18.2 Å². The van der Waals surface area contributed by atoms with Crippen LogP contribution in [0.3, 0.4) is 0 Å². The first-order valence-corrected chi connectivity index (χ1v) is 12.6. The molecule has 1 amide bonds. The van der Waals surface area contributed by atoms with Gasteiger partial charge in [-0.3, -0.25) is 4.79 Å². The third-order valence-corrected chi connectivity index (χ3v) is 7.47. The topological polar surface area (TPSA) is 52.9 Å². The molecule has 3 nitrogen and oxygen atoms in total. The Bertz CT molecular complexity index is 1210. The largest absolute Gasteiger partial charge is 0.355 e. The van der Waals surface area contributed by atoms with E-state index in [1.807, 2.05) is 42.5 Å². The number of nitrogens with zero attached hydrogens (tertiary/aromatic N) is 1. The molecule has 180 valence electrons. The first-order valence-electron chi connectivity index (χ1n) is 11.9. The summed E-state index contributed by atoms with van der Waals surface area (Å²) >= 11 is 12.5. The van der Waals surface area contributed by atoms with Gasteiger partial charge in [-0.1, -0.05) is 66.4 Å². The molecule has 0 spiro atoms. The molecule has 0 radical (unpaired) electrons. The Morgan fingerprint density at radius 3 is 2.37 bits per heavy atom. The van der Waals surface area contributed by atoms with E-state index >= 15 is 0 Å².